The van der Waals surface area contributed by atoms with Gasteiger partial charge in [-0.15, -0.1) is 0 Å². The molecule has 1 aromatic heterocycles. The molecule has 0 fully saturated rings. The van der Waals surface area contributed by atoms with Gasteiger partial charge in [-0.05, 0) is 37.3 Å². The maximum atomic E-state index is 12.8. The molecule has 0 unspecified atom stereocenters. The smallest absolute Gasteiger partial charge is 0.349 e. The number of para-hydroxylation sites is 1. The summed E-state index contributed by atoms with van der Waals surface area (Å²) in [6.45, 7) is 2.48. The summed E-state index contributed by atoms with van der Waals surface area (Å²) >= 11 is 0. The number of nitrogens with one attached hydrogen (secondary N) is 1. The molecule has 0 saturated carbocycles. The van der Waals surface area contributed by atoms with E-state index >= 15 is 0 Å². The van der Waals surface area contributed by atoms with Crippen LogP contribution in [-0.2, 0) is 0 Å². The second-order valence-electron chi connectivity index (χ2n) is 6.85. The van der Waals surface area contributed by atoms with E-state index in [1.165, 1.54) is 6.07 Å². The normalized spacial score (nSPS) is 12.7. The topological polar surface area (TPSA) is 79.6 Å². The van der Waals surface area contributed by atoms with Crippen molar-refractivity contribution in [3.05, 3.63) is 82.2 Å². The highest BCUT2D eigenvalue weighted by Crippen LogP contribution is 2.40. The molecule has 3 aromatic carbocycles. The number of hydrogen-bond donors (Lipinski definition) is 1. The third-order valence-corrected chi connectivity index (χ3v) is 5.24. The summed E-state index contributed by atoms with van der Waals surface area (Å²) in [5.41, 5.74) is 1.64. The van der Waals surface area contributed by atoms with Crippen LogP contribution in [-0.4, -0.2) is 18.4 Å². The largest absolute Gasteiger partial charge is 0.422 e. The average molecular weight is 384 g/mol. The Hall–Kier alpha value is -3.93. The van der Waals surface area contributed by atoms with Crippen LogP contribution in [0.25, 0.3) is 21.7 Å². The number of fused-ring (bicyclic) bond motifs is 1. The van der Waals surface area contributed by atoms with Crippen molar-refractivity contribution in [1.29, 1.82) is 0 Å². The van der Waals surface area contributed by atoms with Gasteiger partial charge in [0.05, 0.1) is 5.69 Å². The third-order valence-electron chi connectivity index (χ3n) is 5.24. The first-order valence-corrected chi connectivity index (χ1v) is 9.30. The molecule has 1 N–H and O–H groups in total. The minimum absolute atomic E-state index is 0.0493. The SMILES string of the molecule is CCN1C(=O)c2cccc3c(NC(=O)c4cc5ccccc5oc4=O)ccc1c23. The number of anilines is 2. The molecular formula is C23H16N2O4. The van der Waals surface area contributed by atoms with Crippen molar-refractivity contribution >= 4 is 44.9 Å². The van der Waals surface area contributed by atoms with Gasteiger partial charge in [-0.3, -0.25) is 9.59 Å². The number of amides is 2. The highest BCUT2D eigenvalue weighted by atomic mass is 16.4. The van der Waals surface area contributed by atoms with Gasteiger partial charge in [0.25, 0.3) is 11.8 Å². The first-order chi connectivity index (χ1) is 14.1. The first-order valence-electron chi connectivity index (χ1n) is 9.30. The summed E-state index contributed by atoms with van der Waals surface area (Å²) in [6.07, 6.45) is 0. The predicted molar refractivity (Wildman–Crippen MR) is 112 cm³/mol. The fourth-order valence-corrected chi connectivity index (χ4v) is 3.88. The van der Waals surface area contributed by atoms with Gasteiger partial charge in [-0.2, -0.15) is 0 Å². The molecule has 0 atom stereocenters. The molecule has 4 aromatic rings. The van der Waals surface area contributed by atoms with Gasteiger partial charge in [0.15, 0.2) is 0 Å². The zero-order valence-corrected chi connectivity index (χ0v) is 15.6. The van der Waals surface area contributed by atoms with Crippen LogP contribution in [0.15, 0.2) is 69.9 Å². The minimum Gasteiger partial charge on any atom is -0.422 e. The highest BCUT2D eigenvalue weighted by molar-refractivity contribution is 6.27. The van der Waals surface area contributed by atoms with Crippen LogP contribution < -0.4 is 15.8 Å². The van der Waals surface area contributed by atoms with Crippen LogP contribution in [0.2, 0.25) is 0 Å². The van der Waals surface area contributed by atoms with Crippen molar-refractivity contribution in [2.75, 3.05) is 16.8 Å². The van der Waals surface area contributed by atoms with Gasteiger partial charge >= 0.3 is 5.63 Å². The lowest BCUT2D eigenvalue weighted by atomic mass is 10.0. The Labute approximate surface area is 165 Å². The minimum atomic E-state index is -0.695. The number of carbonyl (C=O) groups excluding carboxylic acids is 2. The van der Waals surface area contributed by atoms with Crippen molar-refractivity contribution in [3.63, 3.8) is 0 Å². The lowest BCUT2D eigenvalue weighted by Crippen LogP contribution is -2.25. The molecular weight excluding hydrogens is 368 g/mol. The first kappa shape index (κ1) is 17.2. The van der Waals surface area contributed by atoms with E-state index in [2.05, 4.69) is 5.32 Å². The maximum Gasteiger partial charge on any atom is 0.349 e. The average Bonchev–Trinajstić information content (AvgIpc) is 3.02. The fourth-order valence-electron chi connectivity index (χ4n) is 3.88. The number of nitrogens with zero attached hydrogens (tertiary/aromatic N) is 1. The molecule has 1 aliphatic rings. The molecule has 0 aliphatic carbocycles. The van der Waals surface area contributed by atoms with E-state index < -0.39 is 11.5 Å². The molecule has 2 amide bonds. The Morgan fingerprint density at radius 1 is 1.03 bits per heavy atom. The summed E-state index contributed by atoms with van der Waals surface area (Å²) in [5.74, 6) is -0.603. The Kier molecular flexibility index (Phi) is 3.74. The number of benzene rings is 3. The van der Waals surface area contributed by atoms with E-state index in [1.807, 2.05) is 25.1 Å². The molecule has 2 heterocycles. The Bertz CT molecular complexity index is 1390. The molecule has 0 spiro atoms. The Balaban J connectivity index is 1.60. The molecule has 29 heavy (non-hydrogen) atoms. The van der Waals surface area contributed by atoms with Crippen LogP contribution >= 0.6 is 0 Å². The highest BCUT2D eigenvalue weighted by Gasteiger charge is 2.29. The van der Waals surface area contributed by atoms with Crippen molar-refractivity contribution in [1.82, 2.24) is 0 Å². The lowest BCUT2D eigenvalue weighted by Gasteiger charge is -2.15. The summed E-state index contributed by atoms with van der Waals surface area (Å²) < 4.78 is 5.26. The lowest BCUT2D eigenvalue weighted by molar-refractivity contribution is 0.0992. The monoisotopic (exact) mass is 384 g/mol. The summed E-state index contributed by atoms with van der Waals surface area (Å²) in [4.78, 5) is 39.5. The summed E-state index contributed by atoms with van der Waals surface area (Å²) in [6, 6.07) is 17.6. The van der Waals surface area contributed by atoms with E-state index in [1.54, 1.807) is 41.3 Å². The van der Waals surface area contributed by atoms with Crippen LogP contribution in [0.3, 0.4) is 0 Å². The van der Waals surface area contributed by atoms with Crippen LogP contribution in [0.5, 0.6) is 0 Å². The zero-order valence-electron chi connectivity index (χ0n) is 15.6. The standard InChI is InChI=1S/C23H16N2O4/c1-2-25-18-11-10-17(14-7-5-8-15(20(14)18)22(25)27)24-21(26)16-12-13-6-3-4-9-19(13)29-23(16)28/h3-12H,2H2,1H3,(H,24,26). The molecule has 6 heteroatoms. The van der Waals surface area contributed by atoms with Gasteiger partial charge in [0.2, 0.25) is 0 Å². The molecule has 1 aliphatic heterocycles. The Morgan fingerprint density at radius 3 is 2.69 bits per heavy atom. The van der Waals surface area contributed by atoms with Gasteiger partial charge in [-0.25, -0.2) is 4.79 Å². The van der Waals surface area contributed by atoms with Crippen molar-refractivity contribution in [2.24, 2.45) is 0 Å². The zero-order chi connectivity index (χ0) is 20.1. The molecule has 0 bridgehead atoms. The number of hydrogen-bond acceptors (Lipinski definition) is 4. The quantitative estimate of drug-likeness (QED) is 0.538. The fraction of sp³-hybridized carbons (Fsp3) is 0.0870. The van der Waals surface area contributed by atoms with Gasteiger partial charge in [-0.1, -0.05) is 30.3 Å². The number of rotatable bonds is 3. The molecule has 5 rings (SSSR count). The molecule has 6 nitrogen and oxygen atoms in total. The van der Waals surface area contributed by atoms with E-state index in [0.29, 0.717) is 28.8 Å². The number of carbonyl (C=O) groups is 2. The van der Waals surface area contributed by atoms with Crippen LogP contribution in [0.4, 0.5) is 11.4 Å². The van der Waals surface area contributed by atoms with E-state index in [-0.39, 0.29) is 11.5 Å². The van der Waals surface area contributed by atoms with Crippen molar-refractivity contribution in [2.45, 2.75) is 6.92 Å². The van der Waals surface area contributed by atoms with E-state index in [4.69, 9.17) is 4.42 Å². The molecule has 0 radical (unpaired) electrons. The van der Waals surface area contributed by atoms with Gasteiger partial charge in [0, 0.05) is 34.0 Å². The second-order valence-corrected chi connectivity index (χ2v) is 6.85. The van der Waals surface area contributed by atoms with Crippen molar-refractivity contribution < 1.29 is 14.0 Å². The van der Waals surface area contributed by atoms with Gasteiger partial charge in [0.1, 0.15) is 11.1 Å². The molecule has 142 valence electrons. The predicted octanol–water partition coefficient (Wildman–Crippen LogP) is 4.18. The summed E-state index contributed by atoms with van der Waals surface area (Å²) in [5, 5.41) is 5.04. The second kappa shape index (κ2) is 6.31. The van der Waals surface area contributed by atoms with E-state index in [0.717, 1.165) is 16.5 Å². The maximum absolute atomic E-state index is 12.8. The molecule has 0 saturated heterocycles. The van der Waals surface area contributed by atoms with Crippen LogP contribution in [0.1, 0.15) is 27.6 Å². The van der Waals surface area contributed by atoms with Crippen molar-refractivity contribution in [3.8, 4) is 0 Å². The van der Waals surface area contributed by atoms with Crippen LogP contribution in [0, 0.1) is 0 Å². The Morgan fingerprint density at radius 2 is 1.86 bits per heavy atom. The van der Waals surface area contributed by atoms with E-state index in [9.17, 15) is 14.4 Å². The summed E-state index contributed by atoms with van der Waals surface area (Å²) in [7, 11) is 0. The van der Waals surface area contributed by atoms with Gasteiger partial charge < -0.3 is 14.6 Å². The third kappa shape index (κ3) is 2.53.